The Bertz CT molecular complexity index is 587. The van der Waals surface area contributed by atoms with Crippen LogP contribution in [0.15, 0.2) is 36.7 Å². The molecule has 0 unspecified atom stereocenters. The van der Waals surface area contributed by atoms with Crippen molar-refractivity contribution in [2.24, 2.45) is 0 Å². The molecule has 0 aliphatic rings. The maximum absolute atomic E-state index is 9.06. The molecule has 0 saturated carbocycles. The molecule has 84 valence electrons. The fraction of sp³-hybridized carbons (Fsp3) is 0.0769. The molecule has 1 N–H and O–H groups in total. The minimum Gasteiger partial charge on any atom is -0.353 e. The molecule has 0 amide bonds. The number of nitriles is 1. The standard InChI is InChI=1S/C13H10ClN3/c1-9-5-6-16-8-13(9)17-12-4-2-3-11(14)10(12)7-15/h2-6,8,17H,1H3. The van der Waals surface area contributed by atoms with E-state index in [1.807, 2.05) is 19.1 Å². The normalized spacial score (nSPS) is 9.71. The first-order chi connectivity index (χ1) is 8.22. The van der Waals surface area contributed by atoms with Gasteiger partial charge in [-0.2, -0.15) is 5.26 Å². The van der Waals surface area contributed by atoms with Crippen molar-refractivity contribution in [2.45, 2.75) is 6.92 Å². The third-order valence-corrected chi connectivity index (χ3v) is 2.75. The molecule has 0 aliphatic heterocycles. The smallest absolute Gasteiger partial charge is 0.103 e. The van der Waals surface area contributed by atoms with Crippen LogP contribution in [0.1, 0.15) is 11.1 Å². The van der Waals surface area contributed by atoms with E-state index in [1.54, 1.807) is 24.5 Å². The lowest BCUT2D eigenvalue weighted by atomic mass is 10.1. The minimum absolute atomic E-state index is 0.442. The van der Waals surface area contributed by atoms with Crippen LogP contribution >= 0.6 is 11.6 Å². The quantitative estimate of drug-likeness (QED) is 0.876. The Labute approximate surface area is 105 Å². The highest BCUT2D eigenvalue weighted by Crippen LogP contribution is 2.27. The lowest BCUT2D eigenvalue weighted by Gasteiger charge is -2.10. The minimum atomic E-state index is 0.442. The molecule has 2 rings (SSSR count). The van der Waals surface area contributed by atoms with Gasteiger partial charge in [-0.3, -0.25) is 4.98 Å². The zero-order valence-corrected chi connectivity index (χ0v) is 9.99. The first kappa shape index (κ1) is 11.4. The van der Waals surface area contributed by atoms with Crippen molar-refractivity contribution in [3.05, 3.63) is 52.8 Å². The summed E-state index contributed by atoms with van der Waals surface area (Å²) < 4.78 is 0. The molecular formula is C13H10ClN3. The van der Waals surface area contributed by atoms with E-state index in [-0.39, 0.29) is 0 Å². The molecule has 0 aliphatic carbocycles. The van der Waals surface area contributed by atoms with Gasteiger partial charge in [0.1, 0.15) is 6.07 Å². The second-order valence-electron chi connectivity index (χ2n) is 3.59. The van der Waals surface area contributed by atoms with Gasteiger partial charge in [-0.05, 0) is 30.7 Å². The summed E-state index contributed by atoms with van der Waals surface area (Å²) in [5, 5.41) is 12.7. The number of rotatable bonds is 2. The van der Waals surface area contributed by atoms with Crippen molar-refractivity contribution >= 4 is 23.0 Å². The van der Waals surface area contributed by atoms with Gasteiger partial charge in [-0.25, -0.2) is 0 Å². The summed E-state index contributed by atoms with van der Waals surface area (Å²) in [5.74, 6) is 0. The number of halogens is 1. The van der Waals surface area contributed by atoms with Gasteiger partial charge in [-0.15, -0.1) is 0 Å². The number of aromatic nitrogens is 1. The number of nitrogens with one attached hydrogen (secondary N) is 1. The maximum atomic E-state index is 9.06. The summed E-state index contributed by atoms with van der Waals surface area (Å²) in [7, 11) is 0. The van der Waals surface area contributed by atoms with E-state index < -0.39 is 0 Å². The maximum Gasteiger partial charge on any atom is 0.103 e. The van der Waals surface area contributed by atoms with Gasteiger partial charge in [0.2, 0.25) is 0 Å². The summed E-state index contributed by atoms with van der Waals surface area (Å²) in [6.07, 6.45) is 3.45. The highest BCUT2D eigenvalue weighted by Gasteiger charge is 2.07. The van der Waals surface area contributed by atoms with Gasteiger partial charge in [0.05, 0.1) is 28.2 Å². The van der Waals surface area contributed by atoms with Crippen LogP contribution in [0.2, 0.25) is 5.02 Å². The lowest BCUT2D eigenvalue weighted by molar-refractivity contribution is 1.28. The summed E-state index contributed by atoms with van der Waals surface area (Å²) in [6.45, 7) is 1.97. The SMILES string of the molecule is Cc1ccncc1Nc1cccc(Cl)c1C#N. The molecule has 1 heterocycles. The van der Waals surface area contributed by atoms with E-state index in [4.69, 9.17) is 16.9 Å². The first-order valence-electron chi connectivity index (χ1n) is 5.08. The average Bonchev–Trinajstić information content (AvgIpc) is 2.32. The fourth-order valence-corrected chi connectivity index (χ4v) is 1.70. The Balaban J connectivity index is 2.41. The van der Waals surface area contributed by atoms with E-state index in [0.29, 0.717) is 16.3 Å². The fourth-order valence-electron chi connectivity index (χ4n) is 1.48. The number of nitrogens with zero attached hydrogens (tertiary/aromatic N) is 2. The predicted octanol–water partition coefficient (Wildman–Crippen LogP) is 3.66. The molecule has 0 fully saturated rings. The van der Waals surface area contributed by atoms with Gasteiger partial charge in [-0.1, -0.05) is 17.7 Å². The van der Waals surface area contributed by atoms with Crippen molar-refractivity contribution in [2.75, 3.05) is 5.32 Å². The topological polar surface area (TPSA) is 48.7 Å². The van der Waals surface area contributed by atoms with E-state index in [9.17, 15) is 0 Å². The average molecular weight is 244 g/mol. The van der Waals surface area contributed by atoms with Gasteiger partial charge >= 0.3 is 0 Å². The van der Waals surface area contributed by atoms with Crippen molar-refractivity contribution in [3.8, 4) is 6.07 Å². The van der Waals surface area contributed by atoms with Gasteiger partial charge in [0.15, 0.2) is 0 Å². The number of pyridine rings is 1. The zero-order chi connectivity index (χ0) is 12.3. The molecular weight excluding hydrogens is 234 g/mol. The number of hydrogen-bond donors (Lipinski definition) is 1. The molecule has 0 saturated heterocycles. The van der Waals surface area contributed by atoms with Crippen LogP contribution in [0.3, 0.4) is 0 Å². The molecule has 0 bridgehead atoms. The Morgan fingerprint density at radius 3 is 2.82 bits per heavy atom. The summed E-state index contributed by atoms with van der Waals surface area (Å²) in [6, 6.07) is 9.31. The number of benzene rings is 1. The van der Waals surface area contributed by atoms with Crippen LogP contribution in [0.5, 0.6) is 0 Å². The Hall–Kier alpha value is -2.05. The largest absolute Gasteiger partial charge is 0.353 e. The van der Waals surface area contributed by atoms with Crippen molar-refractivity contribution in [1.29, 1.82) is 5.26 Å². The van der Waals surface area contributed by atoms with E-state index >= 15 is 0 Å². The van der Waals surface area contributed by atoms with E-state index in [0.717, 1.165) is 11.3 Å². The van der Waals surface area contributed by atoms with Crippen molar-refractivity contribution in [3.63, 3.8) is 0 Å². The third-order valence-electron chi connectivity index (χ3n) is 2.43. The Morgan fingerprint density at radius 2 is 2.12 bits per heavy atom. The van der Waals surface area contributed by atoms with Gasteiger partial charge in [0.25, 0.3) is 0 Å². The van der Waals surface area contributed by atoms with E-state index in [2.05, 4.69) is 16.4 Å². The lowest BCUT2D eigenvalue weighted by Crippen LogP contribution is -1.96. The van der Waals surface area contributed by atoms with Crippen LogP contribution in [0.25, 0.3) is 0 Å². The van der Waals surface area contributed by atoms with Crippen molar-refractivity contribution in [1.82, 2.24) is 4.98 Å². The van der Waals surface area contributed by atoms with Crippen LogP contribution in [0.4, 0.5) is 11.4 Å². The van der Waals surface area contributed by atoms with Crippen LogP contribution in [0, 0.1) is 18.3 Å². The molecule has 1 aromatic carbocycles. The Kier molecular flexibility index (Phi) is 3.27. The van der Waals surface area contributed by atoms with E-state index in [1.165, 1.54) is 0 Å². The second kappa shape index (κ2) is 4.86. The van der Waals surface area contributed by atoms with Crippen LogP contribution < -0.4 is 5.32 Å². The molecule has 0 spiro atoms. The zero-order valence-electron chi connectivity index (χ0n) is 9.24. The highest BCUT2D eigenvalue weighted by atomic mass is 35.5. The molecule has 2 aromatic rings. The van der Waals surface area contributed by atoms with Crippen molar-refractivity contribution < 1.29 is 0 Å². The summed E-state index contributed by atoms with van der Waals surface area (Å²) in [5.41, 5.74) is 3.06. The highest BCUT2D eigenvalue weighted by molar-refractivity contribution is 6.32. The number of anilines is 2. The Morgan fingerprint density at radius 1 is 1.29 bits per heavy atom. The summed E-state index contributed by atoms with van der Waals surface area (Å²) >= 11 is 5.96. The molecule has 0 radical (unpaired) electrons. The van der Waals surface area contributed by atoms with Crippen LogP contribution in [-0.2, 0) is 0 Å². The molecule has 0 atom stereocenters. The molecule has 1 aromatic heterocycles. The number of aryl methyl sites for hydroxylation is 1. The predicted molar refractivity (Wildman–Crippen MR) is 68.4 cm³/mol. The van der Waals surface area contributed by atoms with Crippen LogP contribution in [-0.4, -0.2) is 4.98 Å². The molecule has 3 nitrogen and oxygen atoms in total. The summed E-state index contributed by atoms with van der Waals surface area (Å²) in [4.78, 5) is 4.04. The van der Waals surface area contributed by atoms with Gasteiger partial charge < -0.3 is 5.32 Å². The first-order valence-corrected chi connectivity index (χ1v) is 5.46. The third kappa shape index (κ3) is 2.38. The second-order valence-corrected chi connectivity index (χ2v) is 4.00. The number of hydrogen-bond acceptors (Lipinski definition) is 3. The van der Waals surface area contributed by atoms with Gasteiger partial charge in [0, 0.05) is 6.20 Å². The monoisotopic (exact) mass is 243 g/mol. The molecule has 4 heteroatoms. The molecule has 17 heavy (non-hydrogen) atoms.